The molecule has 1 N–H and O–H groups in total. The molecule has 0 radical (unpaired) electrons. The molecule has 0 saturated carbocycles. The Labute approximate surface area is 117 Å². The van der Waals surface area contributed by atoms with Gasteiger partial charge in [0.1, 0.15) is 5.76 Å². The number of halogens is 1. The van der Waals surface area contributed by atoms with Gasteiger partial charge in [0.2, 0.25) is 0 Å². The van der Waals surface area contributed by atoms with Crippen molar-refractivity contribution < 1.29 is 4.42 Å². The number of hydrogen-bond acceptors (Lipinski definition) is 2. The molecular formula is C15H18BrNO. The Morgan fingerprint density at radius 2 is 2.11 bits per heavy atom. The lowest BCUT2D eigenvalue weighted by molar-refractivity contribution is 0.474. The normalized spacial score (nSPS) is 12.4. The van der Waals surface area contributed by atoms with Crippen LogP contribution in [0.25, 0.3) is 0 Å². The number of nitrogens with one attached hydrogen (secondary N) is 1. The topological polar surface area (TPSA) is 25.2 Å². The Balaban J connectivity index is 2.22. The van der Waals surface area contributed by atoms with E-state index in [0.29, 0.717) is 0 Å². The van der Waals surface area contributed by atoms with Crippen LogP contribution in [0.3, 0.4) is 0 Å². The van der Waals surface area contributed by atoms with Crippen molar-refractivity contribution in [2.45, 2.75) is 32.7 Å². The number of anilines is 1. The van der Waals surface area contributed by atoms with Crippen LogP contribution in [0.15, 0.2) is 45.5 Å². The highest BCUT2D eigenvalue weighted by molar-refractivity contribution is 9.10. The molecule has 2 rings (SSSR count). The van der Waals surface area contributed by atoms with Crippen molar-refractivity contribution >= 4 is 21.6 Å². The van der Waals surface area contributed by atoms with Gasteiger partial charge in [-0.1, -0.05) is 29.8 Å². The minimum Gasteiger partial charge on any atom is -0.467 e. The second-order valence-electron chi connectivity index (χ2n) is 4.28. The number of hydrogen-bond donors (Lipinski definition) is 1. The molecule has 0 bridgehead atoms. The smallest absolute Gasteiger partial charge is 0.125 e. The predicted molar refractivity (Wildman–Crippen MR) is 78.9 cm³/mol. The van der Waals surface area contributed by atoms with E-state index >= 15 is 0 Å². The van der Waals surface area contributed by atoms with Crippen molar-refractivity contribution in [1.29, 1.82) is 0 Å². The molecule has 1 atom stereocenters. The van der Waals surface area contributed by atoms with Crippen LogP contribution in [0.4, 0.5) is 5.69 Å². The summed E-state index contributed by atoms with van der Waals surface area (Å²) < 4.78 is 6.61. The molecule has 96 valence electrons. The van der Waals surface area contributed by atoms with E-state index in [0.717, 1.165) is 23.1 Å². The molecule has 2 nitrogen and oxygen atoms in total. The molecule has 0 aliphatic heterocycles. The Morgan fingerprint density at radius 1 is 1.28 bits per heavy atom. The monoisotopic (exact) mass is 307 g/mol. The fourth-order valence-electron chi connectivity index (χ4n) is 2.05. The Bertz CT molecular complexity index is 493. The standard InChI is InChI=1S/C15H18BrNO/c1-3-11-10-12(16)7-8-14(11)17-13(4-2)15-6-5-9-18-15/h5-10,13,17H,3-4H2,1-2H3. The Hall–Kier alpha value is -1.22. The van der Waals surface area contributed by atoms with Crippen molar-refractivity contribution in [3.8, 4) is 0 Å². The number of aryl methyl sites for hydroxylation is 1. The zero-order valence-corrected chi connectivity index (χ0v) is 12.3. The first-order valence-electron chi connectivity index (χ1n) is 6.33. The van der Waals surface area contributed by atoms with Crippen LogP contribution in [-0.4, -0.2) is 0 Å². The van der Waals surface area contributed by atoms with Crippen LogP contribution in [0, 0.1) is 0 Å². The summed E-state index contributed by atoms with van der Waals surface area (Å²) in [6.07, 6.45) is 3.73. The molecule has 0 amide bonds. The van der Waals surface area contributed by atoms with Gasteiger partial charge < -0.3 is 9.73 Å². The van der Waals surface area contributed by atoms with Crippen LogP contribution >= 0.6 is 15.9 Å². The predicted octanol–water partition coefficient (Wildman–Crippen LogP) is 5.17. The average Bonchev–Trinajstić information content (AvgIpc) is 2.91. The first kappa shape index (κ1) is 13.2. The van der Waals surface area contributed by atoms with Gasteiger partial charge in [0.25, 0.3) is 0 Å². The van der Waals surface area contributed by atoms with Gasteiger partial charge in [-0.25, -0.2) is 0 Å². The van der Waals surface area contributed by atoms with Crippen molar-refractivity contribution in [3.05, 3.63) is 52.4 Å². The number of furan rings is 1. The molecule has 3 heteroatoms. The summed E-state index contributed by atoms with van der Waals surface area (Å²) in [5.41, 5.74) is 2.50. The van der Waals surface area contributed by atoms with Crippen LogP contribution in [0.1, 0.15) is 37.6 Å². The van der Waals surface area contributed by atoms with Crippen molar-refractivity contribution in [2.75, 3.05) is 5.32 Å². The van der Waals surface area contributed by atoms with Gasteiger partial charge in [0.15, 0.2) is 0 Å². The third-order valence-corrected chi connectivity index (χ3v) is 3.57. The van der Waals surface area contributed by atoms with Crippen LogP contribution < -0.4 is 5.32 Å². The average molecular weight is 308 g/mol. The van der Waals surface area contributed by atoms with Crippen LogP contribution in [-0.2, 0) is 6.42 Å². The third-order valence-electron chi connectivity index (χ3n) is 3.07. The summed E-state index contributed by atoms with van der Waals surface area (Å²) >= 11 is 3.51. The molecule has 1 unspecified atom stereocenters. The first-order chi connectivity index (χ1) is 8.74. The van der Waals surface area contributed by atoms with Crippen molar-refractivity contribution in [1.82, 2.24) is 0 Å². The molecule has 2 aromatic rings. The van der Waals surface area contributed by atoms with E-state index < -0.39 is 0 Å². The second kappa shape index (κ2) is 6.10. The highest BCUT2D eigenvalue weighted by atomic mass is 79.9. The maximum Gasteiger partial charge on any atom is 0.125 e. The zero-order chi connectivity index (χ0) is 13.0. The van der Waals surface area contributed by atoms with Gasteiger partial charge in [-0.05, 0) is 48.7 Å². The van der Waals surface area contributed by atoms with Gasteiger partial charge in [0, 0.05) is 10.2 Å². The van der Waals surface area contributed by atoms with E-state index in [4.69, 9.17) is 4.42 Å². The molecule has 18 heavy (non-hydrogen) atoms. The lowest BCUT2D eigenvalue weighted by Gasteiger charge is -2.18. The SMILES string of the molecule is CCc1cc(Br)ccc1NC(CC)c1ccco1. The van der Waals surface area contributed by atoms with E-state index in [-0.39, 0.29) is 6.04 Å². The molecule has 0 saturated heterocycles. The third kappa shape index (κ3) is 2.96. The summed E-state index contributed by atoms with van der Waals surface area (Å²) in [6.45, 7) is 4.32. The van der Waals surface area contributed by atoms with Gasteiger partial charge in [-0.15, -0.1) is 0 Å². The summed E-state index contributed by atoms with van der Waals surface area (Å²) in [4.78, 5) is 0. The van der Waals surface area contributed by atoms with Gasteiger partial charge in [-0.3, -0.25) is 0 Å². The van der Waals surface area contributed by atoms with Crippen LogP contribution in [0.5, 0.6) is 0 Å². The lowest BCUT2D eigenvalue weighted by atomic mass is 10.1. The summed E-state index contributed by atoms with van der Waals surface area (Å²) in [5.74, 6) is 0.988. The van der Waals surface area contributed by atoms with Gasteiger partial charge in [-0.2, -0.15) is 0 Å². The van der Waals surface area contributed by atoms with Crippen LogP contribution in [0.2, 0.25) is 0 Å². The van der Waals surface area contributed by atoms with E-state index in [1.54, 1.807) is 6.26 Å². The molecule has 1 aromatic carbocycles. The first-order valence-corrected chi connectivity index (χ1v) is 7.12. The molecule has 0 aliphatic carbocycles. The van der Waals surface area contributed by atoms with E-state index in [2.05, 4.69) is 53.3 Å². The summed E-state index contributed by atoms with van der Waals surface area (Å²) in [6, 6.07) is 10.5. The Morgan fingerprint density at radius 3 is 2.72 bits per heavy atom. The summed E-state index contributed by atoms with van der Waals surface area (Å²) in [5, 5.41) is 3.56. The second-order valence-corrected chi connectivity index (χ2v) is 5.19. The van der Waals surface area contributed by atoms with Gasteiger partial charge >= 0.3 is 0 Å². The van der Waals surface area contributed by atoms with Gasteiger partial charge in [0.05, 0.1) is 12.3 Å². The van der Waals surface area contributed by atoms with Crippen molar-refractivity contribution in [2.24, 2.45) is 0 Å². The molecule has 0 fully saturated rings. The minimum atomic E-state index is 0.228. The largest absolute Gasteiger partial charge is 0.467 e. The molecule has 1 aromatic heterocycles. The highest BCUT2D eigenvalue weighted by Gasteiger charge is 2.13. The zero-order valence-electron chi connectivity index (χ0n) is 10.7. The van der Waals surface area contributed by atoms with E-state index in [1.807, 2.05) is 12.1 Å². The fourth-order valence-corrected chi connectivity index (χ4v) is 2.46. The fraction of sp³-hybridized carbons (Fsp3) is 0.333. The maximum absolute atomic E-state index is 5.48. The summed E-state index contributed by atoms with van der Waals surface area (Å²) in [7, 11) is 0. The van der Waals surface area contributed by atoms with E-state index in [9.17, 15) is 0 Å². The van der Waals surface area contributed by atoms with E-state index in [1.165, 1.54) is 11.3 Å². The molecule has 0 spiro atoms. The molecule has 0 aliphatic rings. The highest BCUT2D eigenvalue weighted by Crippen LogP contribution is 2.27. The quantitative estimate of drug-likeness (QED) is 0.824. The Kier molecular flexibility index (Phi) is 4.48. The number of rotatable bonds is 5. The number of benzene rings is 1. The van der Waals surface area contributed by atoms with Crippen molar-refractivity contribution in [3.63, 3.8) is 0 Å². The lowest BCUT2D eigenvalue weighted by Crippen LogP contribution is -2.10. The minimum absolute atomic E-state index is 0.228. The molecular weight excluding hydrogens is 290 g/mol. The maximum atomic E-state index is 5.48. The molecule has 1 heterocycles.